The van der Waals surface area contributed by atoms with Crippen LogP contribution in [0.4, 0.5) is 10.1 Å². The van der Waals surface area contributed by atoms with Crippen molar-refractivity contribution in [2.45, 2.75) is 26.2 Å². The van der Waals surface area contributed by atoms with E-state index in [1.54, 1.807) is 0 Å². The van der Waals surface area contributed by atoms with Crippen LogP contribution in [0.5, 0.6) is 0 Å². The van der Waals surface area contributed by atoms with Gasteiger partial charge in [-0.3, -0.25) is 14.5 Å². The van der Waals surface area contributed by atoms with E-state index in [-0.39, 0.29) is 19.4 Å². The lowest BCUT2D eigenvalue weighted by Crippen LogP contribution is -2.31. The molecule has 0 saturated heterocycles. The van der Waals surface area contributed by atoms with Crippen molar-refractivity contribution < 1.29 is 18.7 Å². The van der Waals surface area contributed by atoms with Gasteiger partial charge in [-0.2, -0.15) is 5.26 Å². The van der Waals surface area contributed by atoms with Crippen LogP contribution < -0.4 is 4.90 Å². The summed E-state index contributed by atoms with van der Waals surface area (Å²) in [6, 6.07) is 7.27. The topological polar surface area (TPSA) is 70.4 Å². The Morgan fingerprint density at radius 1 is 1.38 bits per heavy atom. The molecule has 0 N–H and O–H groups in total. The van der Waals surface area contributed by atoms with E-state index in [1.807, 2.05) is 13.0 Å². The van der Waals surface area contributed by atoms with Crippen LogP contribution >= 0.6 is 0 Å². The molecule has 0 radical (unpaired) electrons. The van der Waals surface area contributed by atoms with Gasteiger partial charge in [0.25, 0.3) is 0 Å². The molecule has 1 amide bonds. The van der Waals surface area contributed by atoms with E-state index >= 15 is 0 Å². The zero-order chi connectivity index (χ0) is 15.7. The van der Waals surface area contributed by atoms with E-state index in [4.69, 9.17) is 10.00 Å². The largest absolute Gasteiger partial charge is 0.466 e. The summed E-state index contributed by atoms with van der Waals surface area (Å²) in [7, 11) is 0. The lowest BCUT2D eigenvalue weighted by atomic mass is 10.2. The van der Waals surface area contributed by atoms with Crippen LogP contribution in [-0.2, 0) is 14.3 Å². The number of carbonyl (C=O) groups is 2. The molecule has 0 aliphatic heterocycles. The van der Waals surface area contributed by atoms with E-state index in [1.165, 1.54) is 24.3 Å². The summed E-state index contributed by atoms with van der Waals surface area (Å²) < 4.78 is 18.1. The predicted molar refractivity (Wildman–Crippen MR) is 74.9 cm³/mol. The number of benzene rings is 1. The highest BCUT2D eigenvalue weighted by atomic mass is 19.1. The van der Waals surface area contributed by atoms with Gasteiger partial charge in [0.15, 0.2) is 0 Å². The Balaban J connectivity index is 2.66. The summed E-state index contributed by atoms with van der Waals surface area (Å²) in [5.41, 5.74) is 0.295. The van der Waals surface area contributed by atoms with Crippen LogP contribution in [0, 0.1) is 17.1 Å². The molecule has 0 atom stereocenters. The first-order valence-corrected chi connectivity index (χ1v) is 6.67. The Labute approximate surface area is 122 Å². The third-order valence-electron chi connectivity index (χ3n) is 2.66. The zero-order valence-corrected chi connectivity index (χ0v) is 11.8. The maximum atomic E-state index is 13.2. The molecule has 5 nitrogen and oxygen atoms in total. The standard InChI is InChI=1S/C15H17FN2O3/c1-2-10-21-15(20)7-6-14(19)18(9-8-17)13-5-3-4-12(16)11-13/h3-5,11H,2,6-7,9-10H2,1H3. The fourth-order valence-corrected chi connectivity index (χ4v) is 1.67. The minimum Gasteiger partial charge on any atom is -0.466 e. The normalized spacial score (nSPS) is 9.76. The zero-order valence-electron chi connectivity index (χ0n) is 11.8. The van der Waals surface area contributed by atoms with Gasteiger partial charge in [0.05, 0.1) is 19.1 Å². The SMILES string of the molecule is CCCOC(=O)CCC(=O)N(CC#N)c1cccc(F)c1. The lowest BCUT2D eigenvalue weighted by molar-refractivity contribution is -0.144. The smallest absolute Gasteiger partial charge is 0.306 e. The van der Waals surface area contributed by atoms with Crippen molar-refractivity contribution in [1.29, 1.82) is 5.26 Å². The maximum Gasteiger partial charge on any atom is 0.306 e. The molecule has 0 heterocycles. The van der Waals surface area contributed by atoms with Crippen LogP contribution in [0.2, 0.25) is 0 Å². The Morgan fingerprint density at radius 3 is 2.76 bits per heavy atom. The number of nitrogens with zero attached hydrogens (tertiary/aromatic N) is 2. The van der Waals surface area contributed by atoms with Gasteiger partial charge in [-0.15, -0.1) is 0 Å². The summed E-state index contributed by atoms with van der Waals surface area (Å²) in [6.45, 7) is 1.99. The fourth-order valence-electron chi connectivity index (χ4n) is 1.67. The van der Waals surface area contributed by atoms with E-state index in [0.717, 1.165) is 4.90 Å². The average molecular weight is 292 g/mol. The van der Waals surface area contributed by atoms with Crippen LogP contribution in [0.3, 0.4) is 0 Å². The van der Waals surface area contributed by atoms with Crippen molar-refractivity contribution in [2.75, 3.05) is 18.1 Å². The third kappa shape index (κ3) is 5.61. The van der Waals surface area contributed by atoms with E-state index in [0.29, 0.717) is 18.7 Å². The van der Waals surface area contributed by atoms with Crippen molar-refractivity contribution >= 4 is 17.6 Å². The highest BCUT2D eigenvalue weighted by Crippen LogP contribution is 2.17. The number of ether oxygens (including phenoxy) is 1. The quantitative estimate of drug-likeness (QED) is 0.571. The van der Waals surface area contributed by atoms with E-state index < -0.39 is 17.7 Å². The Kier molecular flexibility index (Phi) is 6.88. The second kappa shape index (κ2) is 8.69. The summed E-state index contributed by atoms with van der Waals surface area (Å²) in [6.07, 6.45) is 0.570. The second-order valence-corrected chi connectivity index (χ2v) is 4.34. The maximum absolute atomic E-state index is 13.2. The number of halogens is 1. The van der Waals surface area contributed by atoms with Gasteiger partial charge in [0, 0.05) is 12.1 Å². The number of amides is 1. The first-order valence-electron chi connectivity index (χ1n) is 6.67. The van der Waals surface area contributed by atoms with Crippen molar-refractivity contribution in [3.63, 3.8) is 0 Å². The van der Waals surface area contributed by atoms with Crippen LogP contribution in [-0.4, -0.2) is 25.0 Å². The number of hydrogen-bond donors (Lipinski definition) is 0. The fraction of sp³-hybridized carbons (Fsp3) is 0.400. The molecule has 0 aliphatic carbocycles. The second-order valence-electron chi connectivity index (χ2n) is 4.34. The van der Waals surface area contributed by atoms with E-state index in [2.05, 4.69) is 0 Å². The minimum absolute atomic E-state index is 0.0594. The molecule has 1 aromatic carbocycles. The van der Waals surface area contributed by atoms with Gasteiger partial charge < -0.3 is 4.74 Å². The number of hydrogen-bond acceptors (Lipinski definition) is 4. The molecule has 0 unspecified atom stereocenters. The molecule has 0 bridgehead atoms. The van der Waals surface area contributed by atoms with Gasteiger partial charge in [0.1, 0.15) is 12.4 Å². The Hall–Kier alpha value is -2.42. The number of carbonyl (C=O) groups excluding carboxylic acids is 2. The highest BCUT2D eigenvalue weighted by Gasteiger charge is 2.17. The number of esters is 1. The van der Waals surface area contributed by atoms with Crippen molar-refractivity contribution in [3.05, 3.63) is 30.1 Å². The number of nitriles is 1. The average Bonchev–Trinajstić information content (AvgIpc) is 2.48. The van der Waals surface area contributed by atoms with Gasteiger partial charge in [0.2, 0.25) is 5.91 Å². The number of rotatable bonds is 7. The van der Waals surface area contributed by atoms with Crippen LogP contribution in [0.15, 0.2) is 24.3 Å². The predicted octanol–water partition coefficient (Wildman–Crippen LogP) is 2.42. The molecule has 0 fully saturated rings. The van der Waals surface area contributed by atoms with Crippen molar-refractivity contribution in [3.8, 4) is 6.07 Å². The summed E-state index contributed by atoms with van der Waals surface area (Å²) in [5.74, 6) is -1.37. The van der Waals surface area contributed by atoms with Crippen LogP contribution in [0.25, 0.3) is 0 Å². The summed E-state index contributed by atoms with van der Waals surface area (Å²) in [5, 5.41) is 8.78. The lowest BCUT2D eigenvalue weighted by Gasteiger charge is -2.19. The highest BCUT2D eigenvalue weighted by molar-refractivity contribution is 5.95. The Morgan fingerprint density at radius 2 is 2.14 bits per heavy atom. The monoisotopic (exact) mass is 292 g/mol. The van der Waals surface area contributed by atoms with Gasteiger partial charge in [-0.05, 0) is 24.6 Å². The van der Waals surface area contributed by atoms with Crippen molar-refractivity contribution in [1.82, 2.24) is 0 Å². The minimum atomic E-state index is -0.495. The molecule has 0 saturated carbocycles. The first-order chi connectivity index (χ1) is 10.1. The number of anilines is 1. The van der Waals surface area contributed by atoms with Gasteiger partial charge in [-0.1, -0.05) is 13.0 Å². The van der Waals surface area contributed by atoms with Crippen molar-refractivity contribution in [2.24, 2.45) is 0 Å². The third-order valence-corrected chi connectivity index (χ3v) is 2.66. The first kappa shape index (κ1) is 16.6. The molecule has 6 heteroatoms. The molecule has 112 valence electrons. The Bertz CT molecular complexity index is 540. The molecular formula is C15H17FN2O3. The molecule has 1 rings (SSSR count). The molecule has 0 spiro atoms. The molecule has 1 aromatic rings. The molecular weight excluding hydrogens is 275 g/mol. The van der Waals surface area contributed by atoms with Crippen LogP contribution in [0.1, 0.15) is 26.2 Å². The van der Waals surface area contributed by atoms with Gasteiger partial charge in [-0.25, -0.2) is 4.39 Å². The summed E-state index contributed by atoms with van der Waals surface area (Å²) >= 11 is 0. The van der Waals surface area contributed by atoms with E-state index in [9.17, 15) is 14.0 Å². The molecule has 0 aromatic heterocycles. The molecule has 0 aliphatic rings. The van der Waals surface area contributed by atoms with Gasteiger partial charge >= 0.3 is 5.97 Å². The molecule has 21 heavy (non-hydrogen) atoms. The summed E-state index contributed by atoms with van der Waals surface area (Å²) in [4.78, 5) is 24.6.